The van der Waals surface area contributed by atoms with E-state index in [-0.39, 0.29) is 24.0 Å². The zero-order valence-electron chi connectivity index (χ0n) is 9.83. The van der Waals surface area contributed by atoms with Gasteiger partial charge in [-0.2, -0.15) is 5.26 Å². The van der Waals surface area contributed by atoms with Gasteiger partial charge in [0.1, 0.15) is 0 Å². The molecule has 1 aliphatic rings. The second-order valence-electron chi connectivity index (χ2n) is 3.79. The number of nitriles is 1. The van der Waals surface area contributed by atoms with Crippen LogP contribution in [0.4, 0.5) is 0 Å². The van der Waals surface area contributed by atoms with E-state index in [0.717, 1.165) is 31.9 Å². The Kier molecular flexibility index (Phi) is 9.39. The van der Waals surface area contributed by atoms with Crippen LogP contribution in [-0.4, -0.2) is 25.1 Å². The number of nitrogens with one attached hydrogen (secondary N) is 2. The lowest BCUT2D eigenvalue weighted by atomic mass is 10.2. The first-order valence-corrected chi connectivity index (χ1v) is 5.78. The van der Waals surface area contributed by atoms with Crippen LogP contribution in [0.15, 0.2) is 4.99 Å². The average molecular weight is 336 g/mol. The topological polar surface area (TPSA) is 60.2 Å². The summed E-state index contributed by atoms with van der Waals surface area (Å²) in [6, 6.07) is 2.78. The van der Waals surface area contributed by atoms with Crippen molar-refractivity contribution in [2.24, 2.45) is 4.99 Å². The third kappa shape index (κ3) is 7.74. The predicted molar refractivity (Wildman–Crippen MR) is 77.0 cm³/mol. The van der Waals surface area contributed by atoms with Crippen molar-refractivity contribution in [3.05, 3.63) is 0 Å². The highest BCUT2D eigenvalue weighted by Crippen LogP contribution is 2.18. The second kappa shape index (κ2) is 9.70. The van der Waals surface area contributed by atoms with Crippen LogP contribution in [-0.2, 0) is 0 Å². The van der Waals surface area contributed by atoms with Crippen molar-refractivity contribution in [2.45, 2.75) is 45.1 Å². The summed E-state index contributed by atoms with van der Waals surface area (Å²) < 4.78 is 0. The van der Waals surface area contributed by atoms with E-state index in [1.54, 1.807) is 0 Å². The molecule has 0 saturated heterocycles. The summed E-state index contributed by atoms with van der Waals surface area (Å²) in [5.74, 6) is 0.928. The van der Waals surface area contributed by atoms with Gasteiger partial charge >= 0.3 is 0 Å². The standard InChI is InChI=1S/C11H20N4.HI/c1-2-13-11(15-10-6-7-10)14-9-5-3-4-8-12;/h10H,2-7,9H2,1H3,(H2,13,14,15);1H. The Balaban J connectivity index is 0.00000225. The molecule has 0 bridgehead atoms. The molecule has 4 nitrogen and oxygen atoms in total. The highest BCUT2D eigenvalue weighted by atomic mass is 127. The van der Waals surface area contributed by atoms with Crippen LogP contribution in [0, 0.1) is 11.3 Å². The van der Waals surface area contributed by atoms with E-state index in [9.17, 15) is 0 Å². The van der Waals surface area contributed by atoms with Crippen LogP contribution in [0.2, 0.25) is 0 Å². The lowest BCUT2D eigenvalue weighted by Gasteiger charge is -2.09. The van der Waals surface area contributed by atoms with Crippen molar-refractivity contribution in [3.63, 3.8) is 0 Å². The lowest BCUT2D eigenvalue weighted by Crippen LogP contribution is -2.38. The quantitative estimate of drug-likeness (QED) is 0.338. The minimum Gasteiger partial charge on any atom is -0.357 e. The first-order chi connectivity index (χ1) is 7.36. The van der Waals surface area contributed by atoms with Gasteiger partial charge in [0.15, 0.2) is 5.96 Å². The summed E-state index contributed by atoms with van der Waals surface area (Å²) in [4.78, 5) is 4.45. The number of aliphatic imine (C=N–C) groups is 1. The fraction of sp³-hybridized carbons (Fsp3) is 0.818. The number of halogens is 1. The molecule has 0 amide bonds. The maximum Gasteiger partial charge on any atom is 0.191 e. The van der Waals surface area contributed by atoms with Gasteiger partial charge in [-0.3, -0.25) is 4.99 Å². The Morgan fingerprint density at radius 3 is 2.75 bits per heavy atom. The van der Waals surface area contributed by atoms with Gasteiger partial charge in [0, 0.05) is 25.6 Å². The molecule has 16 heavy (non-hydrogen) atoms. The zero-order valence-corrected chi connectivity index (χ0v) is 12.2. The van der Waals surface area contributed by atoms with Gasteiger partial charge in [0.25, 0.3) is 0 Å². The third-order valence-electron chi connectivity index (χ3n) is 2.23. The minimum absolute atomic E-state index is 0. The average Bonchev–Trinajstić information content (AvgIpc) is 3.01. The Morgan fingerprint density at radius 1 is 1.44 bits per heavy atom. The molecule has 0 aromatic carbocycles. The van der Waals surface area contributed by atoms with Gasteiger partial charge < -0.3 is 10.6 Å². The first-order valence-electron chi connectivity index (χ1n) is 5.78. The number of hydrogen-bond donors (Lipinski definition) is 2. The molecule has 1 fully saturated rings. The number of hydrogen-bond acceptors (Lipinski definition) is 2. The van der Waals surface area contributed by atoms with Crippen molar-refractivity contribution >= 4 is 29.9 Å². The molecule has 1 aliphatic carbocycles. The van der Waals surface area contributed by atoms with Crippen molar-refractivity contribution in [1.82, 2.24) is 10.6 Å². The zero-order chi connectivity index (χ0) is 10.9. The molecule has 1 saturated carbocycles. The molecule has 0 heterocycles. The molecule has 0 unspecified atom stereocenters. The van der Waals surface area contributed by atoms with Crippen LogP contribution in [0.1, 0.15) is 39.0 Å². The summed E-state index contributed by atoms with van der Waals surface area (Å²) in [6.07, 6.45) is 5.11. The van der Waals surface area contributed by atoms with E-state index in [1.165, 1.54) is 12.8 Å². The van der Waals surface area contributed by atoms with Crippen LogP contribution in [0.25, 0.3) is 0 Å². The summed E-state index contributed by atoms with van der Waals surface area (Å²) in [5, 5.41) is 15.0. The molecule has 1 rings (SSSR count). The molecule has 0 aliphatic heterocycles. The van der Waals surface area contributed by atoms with Gasteiger partial charge in [-0.15, -0.1) is 24.0 Å². The summed E-state index contributed by atoms with van der Waals surface area (Å²) in [6.45, 7) is 3.78. The molecule has 0 atom stereocenters. The van der Waals surface area contributed by atoms with Gasteiger partial charge in [-0.05, 0) is 32.6 Å². The number of rotatable bonds is 6. The summed E-state index contributed by atoms with van der Waals surface area (Å²) >= 11 is 0. The second-order valence-corrected chi connectivity index (χ2v) is 3.79. The molecule has 0 spiro atoms. The Bertz CT molecular complexity index is 243. The monoisotopic (exact) mass is 336 g/mol. The Hall–Kier alpha value is -0.510. The van der Waals surface area contributed by atoms with Crippen LogP contribution in [0.5, 0.6) is 0 Å². The Labute approximate surface area is 115 Å². The maximum absolute atomic E-state index is 8.38. The van der Waals surface area contributed by atoms with Crippen LogP contribution < -0.4 is 10.6 Å². The van der Waals surface area contributed by atoms with Crippen molar-refractivity contribution < 1.29 is 0 Å². The van der Waals surface area contributed by atoms with Crippen molar-refractivity contribution in [3.8, 4) is 6.07 Å². The van der Waals surface area contributed by atoms with Crippen LogP contribution >= 0.6 is 24.0 Å². The van der Waals surface area contributed by atoms with Gasteiger partial charge in [0.2, 0.25) is 0 Å². The third-order valence-corrected chi connectivity index (χ3v) is 2.23. The van der Waals surface area contributed by atoms with E-state index in [2.05, 4.69) is 28.6 Å². The minimum atomic E-state index is 0. The lowest BCUT2D eigenvalue weighted by molar-refractivity contribution is 0.745. The molecule has 0 radical (unpaired) electrons. The predicted octanol–water partition coefficient (Wildman–Crippen LogP) is 2.02. The first kappa shape index (κ1) is 15.5. The largest absolute Gasteiger partial charge is 0.357 e. The molecule has 92 valence electrons. The number of unbranched alkanes of at least 4 members (excludes halogenated alkanes) is 2. The summed E-state index contributed by atoms with van der Waals surface area (Å²) in [5.41, 5.74) is 0. The molecular weight excluding hydrogens is 315 g/mol. The normalized spacial score (nSPS) is 14.9. The molecular formula is C11H21IN4. The fourth-order valence-electron chi connectivity index (χ4n) is 1.25. The SMILES string of the molecule is CCNC(=NCCCCC#N)NC1CC1.I. The Morgan fingerprint density at radius 2 is 2.19 bits per heavy atom. The van der Waals surface area contributed by atoms with E-state index < -0.39 is 0 Å². The van der Waals surface area contributed by atoms with E-state index >= 15 is 0 Å². The van der Waals surface area contributed by atoms with E-state index in [1.807, 2.05) is 0 Å². The smallest absolute Gasteiger partial charge is 0.191 e. The van der Waals surface area contributed by atoms with E-state index in [0.29, 0.717) is 12.5 Å². The molecule has 5 heteroatoms. The van der Waals surface area contributed by atoms with Gasteiger partial charge in [0.05, 0.1) is 6.07 Å². The molecule has 2 N–H and O–H groups in total. The van der Waals surface area contributed by atoms with Crippen molar-refractivity contribution in [1.29, 1.82) is 5.26 Å². The van der Waals surface area contributed by atoms with E-state index in [4.69, 9.17) is 5.26 Å². The van der Waals surface area contributed by atoms with Crippen molar-refractivity contribution in [2.75, 3.05) is 13.1 Å². The molecule has 0 aromatic rings. The molecule has 0 aromatic heterocycles. The van der Waals surface area contributed by atoms with Gasteiger partial charge in [-0.1, -0.05) is 0 Å². The highest BCUT2D eigenvalue weighted by molar-refractivity contribution is 14.0. The highest BCUT2D eigenvalue weighted by Gasteiger charge is 2.21. The van der Waals surface area contributed by atoms with Gasteiger partial charge in [-0.25, -0.2) is 0 Å². The van der Waals surface area contributed by atoms with Crippen LogP contribution in [0.3, 0.4) is 0 Å². The number of guanidine groups is 1. The maximum atomic E-state index is 8.38. The fourth-order valence-corrected chi connectivity index (χ4v) is 1.25. The number of nitrogens with zero attached hydrogens (tertiary/aromatic N) is 2. The summed E-state index contributed by atoms with van der Waals surface area (Å²) in [7, 11) is 0.